The summed E-state index contributed by atoms with van der Waals surface area (Å²) in [5.41, 5.74) is 7.22. The topological polar surface area (TPSA) is 41.3 Å². The summed E-state index contributed by atoms with van der Waals surface area (Å²) in [7, 11) is 0. The van der Waals surface area contributed by atoms with E-state index in [0.717, 1.165) is 32.7 Å². The first-order valence-corrected chi connectivity index (χ1v) is 11.2. The monoisotopic (exact) mass is 351 g/mol. The van der Waals surface area contributed by atoms with E-state index in [1.807, 2.05) is 0 Å². The van der Waals surface area contributed by atoms with Gasteiger partial charge in [0, 0.05) is 18.8 Å². The largest absolute Gasteiger partial charge is 0.361 e. The minimum atomic E-state index is 0.765. The van der Waals surface area contributed by atoms with Crippen molar-refractivity contribution in [1.29, 1.82) is 0 Å². The van der Waals surface area contributed by atoms with Crippen molar-refractivity contribution >= 4 is 0 Å². The zero-order chi connectivity index (χ0) is 18.0. The number of nitrogens with one attached hydrogen (secondary N) is 1. The molecule has 0 spiro atoms. The van der Waals surface area contributed by atoms with Crippen LogP contribution in [0.4, 0.5) is 0 Å². The van der Waals surface area contributed by atoms with Crippen molar-refractivity contribution in [2.24, 2.45) is 5.73 Å². The predicted octanol–water partition coefficient (Wildman–Crippen LogP) is 5.56. The van der Waals surface area contributed by atoms with E-state index in [1.165, 1.54) is 95.6 Å². The van der Waals surface area contributed by atoms with E-state index in [9.17, 15) is 0 Å². The molecular formula is C22H45N3. The van der Waals surface area contributed by atoms with Crippen LogP contribution in [0.2, 0.25) is 0 Å². The fourth-order valence-electron chi connectivity index (χ4n) is 3.72. The van der Waals surface area contributed by atoms with E-state index in [4.69, 9.17) is 5.73 Å². The third-order valence-corrected chi connectivity index (χ3v) is 5.36. The maximum Gasteiger partial charge on any atom is 0.0680 e. The van der Waals surface area contributed by atoms with Gasteiger partial charge in [0.1, 0.15) is 0 Å². The van der Waals surface area contributed by atoms with Gasteiger partial charge in [0.25, 0.3) is 0 Å². The summed E-state index contributed by atoms with van der Waals surface area (Å²) in [5, 5.41) is 3.41. The third-order valence-electron chi connectivity index (χ3n) is 5.36. The van der Waals surface area contributed by atoms with Crippen LogP contribution in [0.5, 0.6) is 0 Å². The van der Waals surface area contributed by atoms with Gasteiger partial charge < -0.3 is 10.6 Å². The molecule has 1 rings (SSSR count). The van der Waals surface area contributed by atoms with E-state index in [2.05, 4.69) is 23.2 Å². The Balaban J connectivity index is 1.88. The van der Waals surface area contributed by atoms with Crippen molar-refractivity contribution in [2.45, 2.75) is 103 Å². The number of hydrogen-bond acceptors (Lipinski definition) is 3. The fourth-order valence-corrected chi connectivity index (χ4v) is 3.72. The smallest absolute Gasteiger partial charge is 0.0680 e. The molecule has 1 fully saturated rings. The number of rotatable bonds is 17. The van der Waals surface area contributed by atoms with Crippen LogP contribution >= 0.6 is 0 Å². The van der Waals surface area contributed by atoms with Gasteiger partial charge >= 0.3 is 0 Å². The maximum absolute atomic E-state index is 5.76. The van der Waals surface area contributed by atoms with E-state index >= 15 is 0 Å². The van der Waals surface area contributed by atoms with Crippen molar-refractivity contribution in [3.63, 3.8) is 0 Å². The van der Waals surface area contributed by atoms with Crippen LogP contribution in [0.25, 0.3) is 0 Å². The second-order valence-electron chi connectivity index (χ2n) is 7.69. The summed E-state index contributed by atoms with van der Waals surface area (Å²) in [4.78, 5) is 2.45. The highest BCUT2D eigenvalue weighted by Crippen LogP contribution is 2.15. The first-order valence-electron chi connectivity index (χ1n) is 11.2. The molecule has 3 N–H and O–H groups in total. The predicted molar refractivity (Wildman–Crippen MR) is 112 cm³/mol. The highest BCUT2D eigenvalue weighted by Gasteiger charge is 2.12. The molecule has 3 heteroatoms. The van der Waals surface area contributed by atoms with Crippen molar-refractivity contribution in [3.05, 3.63) is 11.8 Å². The number of unbranched alkanes of at least 4 members (excludes halogenated alkanes) is 13. The number of nitrogens with zero attached hydrogens (tertiary/aromatic N) is 1. The first-order chi connectivity index (χ1) is 12.4. The van der Waals surface area contributed by atoms with Gasteiger partial charge in [-0.3, -0.25) is 5.32 Å². The molecule has 0 aromatic heterocycles. The zero-order valence-electron chi connectivity index (χ0n) is 17.0. The van der Waals surface area contributed by atoms with Gasteiger partial charge in [-0.05, 0) is 25.8 Å². The number of nitrogens with two attached hydrogens (primary N) is 1. The zero-order valence-corrected chi connectivity index (χ0v) is 17.0. The van der Waals surface area contributed by atoms with E-state index in [0.29, 0.717) is 0 Å². The summed E-state index contributed by atoms with van der Waals surface area (Å²) in [6, 6.07) is 0. The Morgan fingerprint density at radius 2 is 1.44 bits per heavy atom. The Bertz CT molecular complexity index is 308. The van der Waals surface area contributed by atoms with Crippen molar-refractivity contribution in [1.82, 2.24) is 10.2 Å². The summed E-state index contributed by atoms with van der Waals surface area (Å²) >= 11 is 0. The molecule has 1 aliphatic heterocycles. The first kappa shape index (κ1) is 22.5. The molecule has 0 aromatic carbocycles. The maximum atomic E-state index is 5.76. The second kappa shape index (κ2) is 16.9. The average Bonchev–Trinajstić information content (AvgIpc) is 3.15. The molecule has 0 unspecified atom stereocenters. The van der Waals surface area contributed by atoms with E-state index < -0.39 is 0 Å². The summed E-state index contributed by atoms with van der Waals surface area (Å²) in [6.45, 7) is 6.32. The fraction of sp³-hybridized carbons (Fsp3) is 0.909. The van der Waals surface area contributed by atoms with Crippen molar-refractivity contribution in [2.75, 3.05) is 26.3 Å². The molecular weight excluding hydrogens is 306 g/mol. The van der Waals surface area contributed by atoms with Crippen molar-refractivity contribution < 1.29 is 0 Å². The minimum Gasteiger partial charge on any atom is -0.361 e. The molecule has 25 heavy (non-hydrogen) atoms. The molecule has 1 heterocycles. The normalized spacial score (nSPS) is 15.3. The SMILES string of the molecule is CCCCCCCCCCCCCCCC=C(CCN)N1CCNC1. The lowest BCUT2D eigenvalue weighted by molar-refractivity contribution is 0.402. The van der Waals surface area contributed by atoms with Crippen LogP contribution in [0.1, 0.15) is 103 Å². The molecule has 0 atom stereocenters. The molecule has 0 radical (unpaired) electrons. The summed E-state index contributed by atoms with van der Waals surface area (Å²) < 4.78 is 0. The quantitative estimate of drug-likeness (QED) is 0.337. The van der Waals surface area contributed by atoms with Crippen LogP contribution in [0.3, 0.4) is 0 Å². The Hall–Kier alpha value is -0.540. The molecule has 148 valence electrons. The van der Waals surface area contributed by atoms with Crippen LogP contribution in [-0.2, 0) is 0 Å². The van der Waals surface area contributed by atoms with Crippen molar-refractivity contribution in [3.8, 4) is 0 Å². The van der Waals surface area contributed by atoms with E-state index in [1.54, 1.807) is 0 Å². The van der Waals surface area contributed by atoms with Gasteiger partial charge in [-0.2, -0.15) is 0 Å². The van der Waals surface area contributed by atoms with E-state index in [-0.39, 0.29) is 0 Å². The standard InChI is InChI=1S/C22H45N3/c1-2-3-4-5-6-7-8-9-10-11-12-13-14-15-16-22(17-18-23)25-20-19-24-21-25/h16,24H,2-15,17-21,23H2,1H3. The number of hydrogen-bond donors (Lipinski definition) is 2. The number of allylic oxidation sites excluding steroid dienone is 1. The summed E-state index contributed by atoms with van der Waals surface area (Å²) in [5.74, 6) is 0. The molecule has 3 nitrogen and oxygen atoms in total. The highest BCUT2D eigenvalue weighted by atomic mass is 15.3. The molecule has 0 aromatic rings. The van der Waals surface area contributed by atoms with Gasteiger partial charge in [0.05, 0.1) is 6.67 Å². The Morgan fingerprint density at radius 1 is 0.880 bits per heavy atom. The molecule has 1 aliphatic rings. The molecule has 0 aliphatic carbocycles. The molecule has 1 saturated heterocycles. The lowest BCUT2D eigenvalue weighted by Gasteiger charge is -2.20. The van der Waals surface area contributed by atoms with Gasteiger partial charge in [-0.15, -0.1) is 0 Å². The van der Waals surface area contributed by atoms with Crippen LogP contribution in [0, 0.1) is 0 Å². The Kier molecular flexibility index (Phi) is 15.2. The van der Waals surface area contributed by atoms with Gasteiger partial charge in [-0.25, -0.2) is 0 Å². The van der Waals surface area contributed by atoms with Gasteiger partial charge in [0.2, 0.25) is 0 Å². The third kappa shape index (κ3) is 12.4. The van der Waals surface area contributed by atoms with Crippen LogP contribution in [0.15, 0.2) is 11.8 Å². The Labute approximate surface area is 157 Å². The highest BCUT2D eigenvalue weighted by molar-refractivity contribution is 5.03. The van der Waals surface area contributed by atoms with Crippen LogP contribution < -0.4 is 11.1 Å². The molecule has 0 bridgehead atoms. The lowest BCUT2D eigenvalue weighted by Crippen LogP contribution is -2.23. The molecule has 0 saturated carbocycles. The molecule has 0 amide bonds. The lowest BCUT2D eigenvalue weighted by atomic mass is 10.0. The van der Waals surface area contributed by atoms with Crippen LogP contribution in [-0.4, -0.2) is 31.2 Å². The second-order valence-corrected chi connectivity index (χ2v) is 7.69. The summed E-state index contributed by atoms with van der Waals surface area (Å²) in [6.07, 6.45) is 23.3. The van der Waals surface area contributed by atoms with Gasteiger partial charge in [0.15, 0.2) is 0 Å². The van der Waals surface area contributed by atoms with Gasteiger partial charge in [-0.1, -0.05) is 90.0 Å². The Morgan fingerprint density at radius 3 is 1.92 bits per heavy atom. The minimum absolute atomic E-state index is 0.765. The average molecular weight is 352 g/mol.